The Balaban J connectivity index is 1.79. The summed E-state index contributed by atoms with van der Waals surface area (Å²) in [6.07, 6.45) is 2.50. The van der Waals surface area contributed by atoms with Crippen LogP contribution in [-0.2, 0) is 13.0 Å². The Morgan fingerprint density at radius 3 is 2.68 bits per heavy atom. The van der Waals surface area contributed by atoms with Crippen LogP contribution < -0.4 is 0 Å². The first-order chi connectivity index (χ1) is 9.42. The summed E-state index contributed by atoms with van der Waals surface area (Å²) in [6, 6.07) is 17.8. The van der Waals surface area contributed by atoms with Crippen molar-refractivity contribution in [2.45, 2.75) is 29.7 Å². The number of thioether (sulfide) groups is 1. The zero-order valence-corrected chi connectivity index (χ0v) is 11.7. The molecule has 0 N–H and O–H groups in total. The van der Waals surface area contributed by atoms with Crippen molar-refractivity contribution in [3.8, 4) is 0 Å². The lowest BCUT2D eigenvalue weighted by molar-refractivity contribution is 0.246. The smallest absolute Gasteiger partial charge is 0.0866 e. The topological polar surface area (TPSA) is 3.24 Å². The van der Waals surface area contributed by atoms with E-state index in [0.717, 1.165) is 6.54 Å². The maximum absolute atomic E-state index is 2.64. The molecule has 2 heteroatoms. The molecule has 2 heterocycles. The molecular formula is C17H17NS. The predicted molar refractivity (Wildman–Crippen MR) is 80.2 cm³/mol. The second-order valence-electron chi connectivity index (χ2n) is 5.35. The Hall–Kier alpha value is -1.25. The molecule has 1 unspecified atom stereocenters. The highest BCUT2D eigenvalue weighted by atomic mass is 32.2. The molecule has 1 atom stereocenters. The highest BCUT2D eigenvalue weighted by molar-refractivity contribution is 7.99. The highest BCUT2D eigenvalue weighted by Gasteiger charge is 2.30. The highest BCUT2D eigenvalue weighted by Crippen LogP contribution is 2.46. The molecule has 0 amide bonds. The number of benzene rings is 2. The van der Waals surface area contributed by atoms with E-state index in [-0.39, 0.29) is 0 Å². The first-order valence-electron chi connectivity index (χ1n) is 6.98. The Labute approximate surface area is 118 Å². The van der Waals surface area contributed by atoms with E-state index in [0.29, 0.717) is 5.37 Å². The fourth-order valence-corrected chi connectivity index (χ4v) is 4.55. The molecule has 96 valence electrons. The van der Waals surface area contributed by atoms with E-state index >= 15 is 0 Å². The molecule has 0 radical (unpaired) electrons. The number of nitrogens with zero attached hydrogens (tertiary/aromatic N) is 1. The second kappa shape index (κ2) is 4.69. The van der Waals surface area contributed by atoms with Gasteiger partial charge in [-0.3, -0.25) is 4.90 Å². The van der Waals surface area contributed by atoms with Crippen molar-refractivity contribution in [2.75, 3.05) is 6.54 Å². The molecule has 2 aromatic rings. The van der Waals surface area contributed by atoms with Crippen LogP contribution in [0.5, 0.6) is 0 Å². The molecule has 0 bridgehead atoms. The van der Waals surface area contributed by atoms with Crippen molar-refractivity contribution >= 4 is 11.8 Å². The van der Waals surface area contributed by atoms with Gasteiger partial charge >= 0.3 is 0 Å². The summed E-state index contributed by atoms with van der Waals surface area (Å²) >= 11 is 2.02. The van der Waals surface area contributed by atoms with Crippen molar-refractivity contribution < 1.29 is 0 Å². The molecule has 0 aromatic heterocycles. The van der Waals surface area contributed by atoms with E-state index in [1.807, 2.05) is 11.8 Å². The lowest BCUT2D eigenvalue weighted by Crippen LogP contribution is -2.29. The van der Waals surface area contributed by atoms with Crippen LogP contribution in [0.3, 0.4) is 0 Å². The Morgan fingerprint density at radius 1 is 0.947 bits per heavy atom. The monoisotopic (exact) mass is 267 g/mol. The van der Waals surface area contributed by atoms with Crippen LogP contribution in [0.2, 0.25) is 0 Å². The fourth-order valence-electron chi connectivity index (χ4n) is 3.18. The third-order valence-electron chi connectivity index (χ3n) is 4.13. The third kappa shape index (κ3) is 1.99. The molecule has 2 aliphatic rings. The van der Waals surface area contributed by atoms with Crippen LogP contribution in [0, 0.1) is 0 Å². The van der Waals surface area contributed by atoms with Gasteiger partial charge in [-0.1, -0.05) is 42.5 Å². The van der Waals surface area contributed by atoms with Gasteiger partial charge in [0, 0.05) is 18.0 Å². The van der Waals surface area contributed by atoms with Crippen LogP contribution in [0.15, 0.2) is 53.4 Å². The molecule has 4 rings (SSSR count). The van der Waals surface area contributed by atoms with Crippen molar-refractivity contribution in [1.82, 2.24) is 4.90 Å². The van der Waals surface area contributed by atoms with Crippen molar-refractivity contribution in [1.29, 1.82) is 0 Å². The minimum Gasteiger partial charge on any atom is -0.283 e. The Bertz CT molecular complexity index is 608. The van der Waals surface area contributed by atoms with Crippen LogP contribution in [0.4, 0.5) is 0 Å². The summed E-state index contributed by atoms with van der Waals surface area (Å²) < 4.78 is 0. The number of aryl methyl sites for hydroxylation is 1. The van der Waals surface area contributed by atoms with Gasteiger partial charge in [0.2, 0.25) is 0 Å². The lowest BCUT2D eigenvalue weighted by atomic mass is 10.0. The van der Waals surface area contributed by atoms with Crippen molar-refractivity contribution in [3.63, 3.8) is 0 Å². The van der Waals surface area contributed by atoms with Gasteiger partial charge < -0.3 is 0 Å². The van der Waals surface area contributed by atoms with Gasteiger partial charge in [-0.15, -0.1) is 11.8 Å². The van der Waals surface area contributed by atoms with E-state index < -0.39 is 0 Å². The quantitative estimate of drug-likeness (QED) is 0.702. The summed E-state index contributed by atoms with van der Waals surface area (Å²) in [6.45, 7) is 2.31. The SMILES string of the molecule is c1ccc2c(c1)CN1CCCc3ccccc3C1S2. The minimum absolute atomic E-state index is 0.508. The van der Waals surface area contributed by atoms with Gasteiger partial charge in [-0.05, 0) is 35.6 Å². The zero-order valence-electron chi connectivity index (χ0n) is 10.9. The molecule has 0 saturated heterocycles. The maximum atomic E-state index is 2.64. The minimum atomic E-state index is 0.508. The third-order valence-corrected chi connectivity index (χ3v) is 5.56. The molecule has 1 nitrogen and oxygen atoms in total. The second-order valence-corrected chi connectivity index (χ2v) is 6.47. The summed E-state index contributed by atoms with van der Waals surface area (Å²) in [7, 11) is 0. The zero-order chi connectivity index (χ0) is 12.7. The number of hydrogen-bond acceptors (Lipinski definition) is 2. The number of rotatable bonds is 0. The molecular weight excluding hydrogens is 250 g/mol. The summed E-state index contributed by atoms with van der Waals surface area (Å²) in [4.78, 5) is 4.10. The lowest BCUT2D eigenvalue weighted by Gasteiger charge is -2.35. The molecule has 19 heavy (non-hydrogen) atoms. The van der Waals surface area contributed by atoms with Crippen LogP contribution in [-0.4, -0.2) is 11.4 Å². The average molecular weight is 267 g/mol. The number of fused-ring (bicyclic) bond motifs is 4. The van der Waals surface area contributed by atoms with Gasteiger partial charge in [0.05, 0.1) is 5.37 Å². The van der Waals surface area contributed by atoms with E-state index in [4.69, 9.17) is 0 Å². The molecule has 2 aliphatic heterocycles. The van der Waals surface area contributed by atoms with E-state index in [2.05, 4.69) is 53.4 Å². The summed E-state index contributed by atoms with van der Waals surface area (Å²) in [5.41, 5.74) is 4.56. The molecule has 2 aromatic carbocycles. The molecule has 0 fully saturated rings. The van der Waals surface area contributed by atoms with Crippen LogP contribution in [0.1, 0.15) is 28.5 Å². The maximum Gasteiger partial charge on any atom is 0.0866 e. The van der Waals surface area contributed by atoms with E-state index in [1.165, 1.54) is 35.4 Å². The Morgan fingerprint density at radius 2 is 1.74 bits per heavy atom. The van der Waals surface area contributed by atoms with E-state index in [1.54, 1.807) is 5.56 Å². The van der Waals surface area contributed by atoms with E-state index in [9.17, 15) is 0 Å². The molecule has 0 saturated carbocycles. The normalized spacial score (nSPS) is 22.0. The largest absolute Gasteiger partial charge is 0.283 e. The van der Waals surface area contributed by atoms with Crippen LogP contribution >= 0.6 is 11.8 Å². The first kappa shape index (κ1) is 11.6. The van der Waals surface area contributed by atoms with Gasteiger partial charge in [-0.25, -0.2) is 0 Å². The molecule has 0 spiro atoms. The summed E-state index contributed by atoms with van der Waals surface area (Å²) in [5.74, 6) is 0. The van der Waals surface area contributed by atoms with Gasteiger partial charge in [0.25, 0.3) is 0 Å². The fraction of sp³-hybridized carbons (Fsp3) is 0.294. The van der Waals surface area contributed by atoms with Gasteiger partial charge in [0.1, 0.15) is 0 Å². The number of hydrogen-bond donors (Lipinski definition) is 0. The first-order valence-corrected chi connectivity index (χ1v) is 7.86. The molecule has 0 aliphatic carbocycles. The Kier molecular flexibility index (Phi) is 2.86. The van der Waals surface area contributed by atoms with Crippen LogP contribution in [0.25, 0.3) is 0 Å². The van der Waals surface area contributed by atoms with Gasteiger partial charge in [0.15, 0.2) is 0 Å². The van der Waals surface area contributed by atoms with Crippen molar-refractivity contribution in [2.24, 2.45) is 0 Å². The standard InChI is InChI=1S/C17H17NS/c1-3-9-15-13(6-1)8-5-11-18-12-14-7-2-4-10-16(14)19-17(15)18/h1-4,6-7,9-10,17H,5,8,11-12H2. The van der Waals surface area contributed by atoms with Crippen molar-refractivity contribution in [3.05, 3.63) is 65.2 Å². The van der Waals surface area contributed by atoms with Gasteiger partial charge in [-0.2, -0.15) is 0 Å². The summed E-state index contributed by atoms with van der Waals surface area (Å²) in [5, 5.41) is 0.508. The predicted octanol–water partition coefficient (Wildman–Crippen LogP) is 4.24. The average Bonchev–Trinajstić information content (AvgIpc) is 2.64.